The van der Waals surface area contributed by atoms with Crippen LogP contribution in [0.1, 0.15) is 43.2 Å². The molecular weight excluding hydrogens is 356 g/mol. The van der Waals surface area contributed by atoms with Gasteiger partial charge in [0, 0.05) is 37.2 Å². The summed E-state index contributed by atoms with van der Waals surface area (Å²) < 4.78 is 11.2. The Morgan fingerprint density at radius 2 is 1.96 bits per heavy atom. The van der Waals surface area contributed by atoms with E-state index in [0.29, 0.717) is 18.8 Å². The molecule has 148 valence electrons. The van der Waals surface area contributed by atoms with Gasteiger partial charge in [0.05, 0.1) is 19.4 Å². The Morgan fingerprint density at radius 1 is 1.18 bits per heavy atom. The second kappa shape index (κ2) is 7.62. The fraction of sp³-hybridized carbons (Fsp3) is 0.409. The number of anilines is 2. The molecule has 1 atom stereocenters. The molecule has 28 heavy (non-hydrogen) atoms. The molecule has 2 heterocycles. The summed E-state index contributed by atoms with van der Waals surface area (Å²) >= 11 is 0. The second-order valence-electron chi connectivity index (χ2n) is 7.27. The normalized spacial score (nSPS) is 18.6. The van der Waals surface area contributed by atoms with E-state index in [1.54, 1.807) is 13.2 Å². The molecule has 4 rings (SSSR count). The number of hydrogen-bond donors (Lipinski definition) is 2. The summed E-state index contributed by atoms with van der Waals surface area (Å²) in [4.78, 5) is 14.7. The third kappa shape index (κ3) is 3.35. The van der Waals surface area contributed by atoms with Gasteiger partial charge in [0.15, 0.2) is 11.5 Å². The Kier molecular flexibility index (Phi) is 5.03. The Bertz CT molecular complexity index is 890. The number of aromatic hydroxyl groups is 1. The Labute approximate surface area is 165 Å². The number of phenols is 1. The molecule has 2 aromatic rings. The van der Waals surface area contributed by atoms with Crippen molar-refractivity contribution in [2.75, 3.05) is 37.0 Å². The number of benzene rings is 2. The molecule has 2 N–H and O–H groups in total. The van der Waals surface area contributed by atoms with Gasteiger partial charge in [0.1, 0.15) is 5.75 Å². The fourth-order valence-electron chi connectivity index (χ4n) is 4.16. The first kappa shape index (κ1) is 18.5. The predicted octanol–water partition coefficient (Wildman–Crippen LogP) is 3.87. The smallest absolute Gasteiger partial charge is 0.225 e. The first-order chi connectivity index (χ1) is 13.6. The molecule has 0 saturated carbocycles. The number of hydrogen-bond acceptors (Lipinski definition) is 5. The number of carbonyl (C=O) groups excluding carboxylic acids is 1. The molecule has 6 nitrogen and oxygen atoms in total. The second-order valence-corrected chi connectivity index (χ2v) is 7.27. The summed E-state index contributed by atoms with van der Waals surface area (Å²) in [6.45, 7) is 4.37. The summed E-state index contributed by atoms with van der Waals surface area (Å²) in [5, 5.41) is 13.0. The van der Waals surface area contributed by atoms with E-state index in [4.69, 9.17) is 9.47 Å². The number of amides is 1. The first-order valence-electron chi connectivity index (χ1n) is 9.83. The lowest BCUT2D eigenvalue weighted by Gasteiger charge is -2.30. The average molecular weight is 382 g/mol. The van der Waals surface area contributed by atoms with Crippen LogP contribution in [0.25, 0.3) is 0 Å². The number of nitrogens with one attached hydrogen (secondary N) is 1. The van der Waals surface area contributed by atoms with Gasteiger partial charge in [0.2, 0.25) is 5.91 Å². The quantitative estimate of drug-likeness (QED) is 0.821. The summed E-state index contributed by atoms with van der Waals surface area (Å²) in [5.74, 6) is 1.21. The lowest BCUT2D eigenvalue weighted by molar-refractivity contribution is -0.116. The van der Waals surface area contributed by atoms with Gasteiger partial charge in [-0.1, -0.05) is 6.07 Å². The van der Waals surface area contributed by atoms with Crippen LogP contribution in [-0.4, -0.2) is 37.8 Å². The molecular formula is C22H26N2O4. The van der Waals surface area contributed by atoms with E-state index in [2.05, 4.69) is 16.3 Å². The van der Waals surface area contributed by atoms with Gasteiger partial charge < -0.3 is 24.8 Å². The highest BCUT2D eigenvalue weighted by Gasteiger charge is 2.30. The van der Waals surface area contributed by atoms with Gasteiger partial charge in [-0.2, -0.15) is 0 Å². The molecule has 2 aliphatic heterocycles. The van der Waals surface area contributed by atoms with Gasteiger partial charge in [0.25, 0.3) is 0 Å². The lowest BCUT2D eigenvalue weighted by atomic mass is 9.84. The van der Waals surface area contributed by atoms with Crippen molar-refractivity contribution in [3.63, 3.8) is 0 Å². The van der Waals surface area contributed by atoms with Crippen LogP contribution >= 0.6 is 0 Å². The van der Waals surface area contributed by atoms with Crippen LogP contribution in [0.5, 0.6) is 17.2 Å². The van der Waals surface area contributed by atoms with Crippen LogP contribution in [-0.2, 0) is 4.79 Å². The van der Waals surface area contributed by atoms with Crippen LogP contribution in [0.2, 0.25) is 0 Å². The Balaban J connectivity index is 1.80. The summed E-state index contributed by atoms with van der Waals surface area (Å²) in [5.41, 5.74) is 3.88. The van der Waals surface area contributed by atoms with Gasteiger partial charge >= 0.3 is 0 Å². The summed E-state index contributed by atoms with van der Waals surface area (Å²) in [6.07, 6.45) is 2.71. The van der Waals surface area contributed by atoms with E-state index < -0.39 is 0 Å². The molecule has 1 fully saturated rings. The number of methoxy groups -OCH3 is 1. The largest absolute Gasteiger partial charge is 0.504 e. The van der Waals surface area contributed by atoms with E-state index in [9.17, 15) is 9.90 Å². The Hall–Kier alpha value is -2.89. The van der Waals surface area contributed by atoms with Crippen molar-refractivity contribution < 1.29 is 19.4 Å². The van der Waals surface area contributed by atoms with Crippen molar-refractivity contribution >= 4 is 17.3 Å². The van der Waals surface area contributed by atoms with Crippen LogP contribution in [0, 0.1) is 0 Å². The highest BCUT2D eigenvalue weighted by atomic mass is 16.5. The van der Waals surface area contributed by atoms with Crippen molar-refractivity contribution in [3.05, 3.63) is 41.5 Å². The number of fused-ring (bicyclic) bond motifs is 1. The minimum atomic E-state index is -0.101. The van der Waals surface area contributed by atoms with Crippen molar-refractivity contribution in [2.45, 2.75) is 32.1 Å². The molecule has 1 saturated heterocycles. The minimum Gasteiger partial charge on any atom is -0.504 e. The highest BCUT2D eigenvalue weighted by Crippen LogP contribution is 2.45. The van der Waals surface area contributed by atoms with E-state index in [-0.39, 0.29) is 17.6 Å². The third-order valence-corrected chi connectivity index (χ3v) is 5.52. The van der Waals surface area contributed by atoms with Crippen molar-refractivity contribution in [3.8, 4) is 17.2 Å². The van der Waals surface area contributed by atoms with Crippen LogP contribution in [0.15, 0.2) is 30.3 Å². The highest BCUT2D eigenvalue weighted by molar-refractivity contribution is 5.96. The predicted molar refractivity (Wildman–Crippen MR) is 109 cm³/mol. The minimum absolute atomic E-state index is 0.0282. The SMILES string of the molecule is CCOc1cc(C2CC(=O)Nc3cc(OC)c(N4CCCC4)cc32)ccc1O. The van der Waals surface area contributed by atoms with E-state index in [0.717, 1.165) is 41.3 Å². The topological polar surface area (TPSA) is 71.0 Å². The zero-order chi connectivity index (χ0) is 19.7. The maximum Gasteiger partial charge on any atom is 0.225 e. The number of rotatable bonds is 5. The fourth-order valence-corrected chi connectivity index (χ4v) is 4.16. The van der Waals surface area contributed by atoms with Gasteiger partial charge in [-0.05, 0) is 49.1 Å². The molecule has 1 unspecified atom stereocenters. The molecule has 0 aliphatic carbocycles. The first-order valence-corrected chi connectivity index (χ1v) is 9.83. The van der Waals surface area contributed by atoms with Gasteiger partial charge in [-0.3, -0.25) is 4.79 Å². The maximum absolute atomic E-state index is 12.4. The van der Waals surface area contributed by atoms with Crippen LogP contribution in [0.3, 0.4) is 0 Å². The third-order valence-electron chi connectivity index (χ3n) is 5.52. The van der Waals surface area contributed by atoms with Crippen LogP contribution < -0.4 is 19.7 Å². The van der Waals surface area contributed by atoms with Gasteiger partial charge in [-0.25, -0.2) is 0 Å². The van der Waals surface area contributed by atoms with E-state index in [1.165, 1.54) is 12.8 Å². The van der Waals surface area contributed by atoms with Crippen molar-refractivity contribution in [2.24, 2.45) is 0 Å². The number of ether oxygens (including phenoxy) is 2. The standard InChI is InChI=1S/C22H26N2O4/c1-3-28-21-10-14(6-7-19(21)25)15-12-22(26)23-17-13-20(27-2)18(11-16(15)17)24-8-4-5-9-24/h6-7,10-11,13,15,25H,3-5,8-9,12H2,1-2H3,(H,23,26). The molecule has 0 radical (unpaired) electrons. The molecule has 2 aromatic carbocycles. The van der Waals surface area contributed by atoms with Crippen molar-refractivity contribution in [1.82, 2.24) is 0 Å². The molecule has 6 heteroatoms. The molecule has 0 aromatic heterocycles. The summed E-state index contributed by atoms with van der Waals surface area (Å²) in [6, 6.07) is 9.42. The maximum atomic E-state index is 12.4. The number of nitrogens with zero attached hydrogens (tertiary/aromatic N) is 1. The number of carbonyl (C=O) groups is 1. The molecule has 2 aliphatic rings. The van der Waals surface area contributed by atoms with Gasteiger partial charge in [-0.15, -0.1) is 0 Å². The monoisotopic (exact) mass is 382 g/mol. The zero-order valence-corrected chi connectivity index (χ0v) is 16.3. The zero-order valence-electron chi connectivity index (χ0n) is 16.3. The van der Waals surface area contributed by atoms with E-state index >= 15 is 0 Å². The molecule has 0 bridgehead atoms. The lowest BCUT2D eigenvalue weighted by Crippen LogP contribution is -2.25. The van der Waals surface area contributed by atoms with Crippen molar-refractivity contribution in [1.29, 1.82) is 0 Å². The van der Waals surface area contributed by atoms with E-state index in [1.807, 2.05) is 25.1 Å². The average Bonchev–Trinajstić information content (AvgIpc) is 3.23. The molecule has 1 amide bonds. The van der Waals surface area contributed by atoms with Crippen LogP contribution in [0.4, 0.5) is 11.4 Å². The number of phenolic OH excluding ortho intramolecular Hbond substituents is 1. The molecule has 0 spiro atoms. The summed E-state index contributed by atoms with van der Waals surface area (Å²) in [7, 11) is 1.66. The Morgan fingerprint density at radius 3 is 2.68 bits per heavy atom.